The molecule has 1 saturated carbocycles. The first-order chi connectivity index (χ1) is 8.66. The SMILES string of the molecule is Cc1ccc(C2CCCN2C(=O)C2CC2C)cc1. The monoisotopic (exact) mass is 243 g/mol. The number of amides is 1. The van der Waals surface area contributed by atoms with Crippen molar-refractivity contribution in [3.05, 3.63) is 35.4 Å². The molecule has 2 fully saturated rings. The Morgan fingerprint density at radius 3 is 2.56 bits per heavy atom. The van der Waals surface area contributed by atoms with Crippen LogP contribution in [0.3, 0.4) is 0 Å². The molecule has 0 bridgehead atoms. The summed E-state index contributed by atoms with van der Waals surface area (Å²) in [6.45, 7) is 5.23. The summed E-state index contributed by atoms with van der Waals surface area (Å²) in [4.78, 5) is 14.5. The summed E-state index contributed by atoms with van der Waals surface area (Å²) in [6, 6.07) is 8.99. The molecule has 0 radical (unpaired) electrons. The number of hydrogen-bond acceptors (Lipinski definition) is 1. The minimum atomic E-state index is 0.316. The Morgan fingerprint density at radius 2 is 1.94 bits per heavy atom. The van der Waals surface area contributed by atoms with Gasteiger partial charge in [-0.05, 0) is 37.7 Å². The third-order valence-electron chi connectivity index (χ3n) is 4.42. The first-order valence-electron chi connectivity index (χ1n) is 7.04. The predicted molar refractivity (Wildman–Crippen MR) is 72.1 cm³/mol. The van der Waals surface area contributed by atoms with Crippen molar-refractivity contribution in [2.45, 2.75) is 39.2 Å². The summed E-state index contributed by atoms with van der Waals surface area (Å²) in [6.07, 6.45) is 3.36. The van der Waals surface area contributed by atoms with Crippen LogP contribution in [-0.4, -0.2) is 17.4 Å². The number of likely N-dealkylation sites (tertiary alicyclic amines) is 1. The lowest BCUT2D eigenvalue weighted by molar-refractivity contribution is -0.133. The van der Waals surface area contributed by atoms with Gasteiger partial charge in [0.15, 0.2) is 0 Å². The van der Waals surface area contributed by atoms with Gasteiger partial charge in [0.1, 0.15) is 0 Å². The lowest BCUT2D eigenvalue weighted by Gasteiger charge is -2.25. The number of carbonyl (C=O) groups is 1. The fourth-order valence-corrected chi connectivity index (χ4v) is 3.04. The van der Waals surface area contributed by atoms with Crippen molar-refractivity contribution >= 4 is 5.91 Å². The van der Waals surface area contributed by atoms with E-state index in [4.69, 9.17) is 0 Å². The van der Waals surface area contributed by atoms with Crippen molar-refractivity contribution in [3.63, 3.8) is 0 Å². The van der Waals surface area contributed by atoms with Gasteiger partial charge >= 0.3 is 0 Å². The fraction of sp³-hybridized carbons (Fsp3) is 0.562. The van der Waals surface area contributed by atoms with Crippen LogP contribution in [0.1, 0.15) is 43.4 Å². The number of hydrogen-bond donors (Lipinski definition) is 0. The second kappa shape index (κ2) is 4.42. The minimum absolute atomic E-state index is 0.316. The normalized spacial score (nSPS) is 30.6. The molecule has 0 aromatic heterocycles. The van der Waals surface area contributed by atoms with Gasteiger partial charge in [-0.25, -0.2) is 0 Å². The molecule has 3 atom stereocenters. The molecule has 3 rings (SSSR count). The van der Waals surface area contributed by atoms with E-state index in [0.29, 0.717) is 23.8 Å². The molecule has 2 heteroatoms. The van der Waals surface area contributed by atoms with Crippen LogP contribution in [0, 0.1) is 18.8 Å². The first-order valence-corrected chi connectivity index (χ1v) is 7.04. The van der Waals surface area contributed by atoms with E-state index in [1.165, 1.54) is 11.1 Å². The van der Waals surface area contributed by atoms with Gasteiger partial charge in [0.25, 0.3) is 0 Å². The molecule has 1 aromatic rings. The van der Waals surface area contributed by atoms with Crippen molar-refractivity contribution in [3.8, 4) is 0 Å². The van der Waals surface area contributed by atoms with Gasteiger partial charge in [-0.2, -0.15) is 0 Å². The Hall–Kier alpha value is -1.31. The van der Waals surface area contributed by atoms with Gasteiger partial charge < -0.3 is 4.90 Å². The van der Waals surface area contributed by atoms with Crippen LogP contribution < -0.4 is 0 Å². The maximum atomic E-state index is 12.4. The minimum Gasteiger partial charge on any atom is -0.335 e. The van der Waals surface area contributed by atoms with E-state index in [1.54, 1.807) is 0 Å². The van der Waals surface area contributed by atoms with E-state index in [-0.39, 0.29) is 0 Å². The van der Waals surface area contributed by atoms with Crippen molar-refractivity contribution in [2.24, 2.45) is 11.8 Å². The number of nitrogens with zero attached hydrogens (tertiary/aromatic N) is 1. The van der Waals surface area contributed by atoms with Crippen LogP contribution >= 0.6 is 0 Å². The van der Waals surface area contributed by atoms with Crippen molar-refractivity contribution in [1.29, 1.82) is 0 Å². The lowest BCUT2D eigenvalue weighted by Crippen LogP contribution is -2.32. The molecule has 1 amide bonds. The van der Waals surface area contributed by atoms with E-state index in [9.17, 15) is 4.79 Å². The molecular formula is C16H21NO. The molecule has 1 saturated heterocycles. The Balaban J connectivity index is 1.78. The van der Waals surface area contributed by atoms with E-state index in [0.717, 1.165) is 25.8 Å². The molecule has 18 heavy (non-hydrogen) atoms. The van der Waals surface area contributed by atoms with Crippen LogP contribution in [0.15, 0.2) is 24.3 Å². The topological polar surface area (TPSA) is 20.3 Å². The third-order valence-corrected chi connectivity index (χ3v) is 4.42. The number of benzene rings is 1. The van der Waals surface area contributed by atoms with E-state index >= 15 is 0 Å². The zero-order chi connectivity index (χ0) is 12.7. The second-order valence-corrected chi connectivity index (χ2v) is 5.92. The Labute approximate surface area is 109 Å². The van der Waals surface area contributed by atoms with Crippen LogP contribution in [0.25, 0.3) is 0 Å². The summed E-state index contributed by atoms with van der Waals surface area (Å²) in [5.41, 5.74) is 2.59. The van der Waals surface area contributed by atoms with Gasteiger partial charge in [0.2, 0.25) is 5.91 Å². The molecule has 2 aliphatic rings. The largest absolute Gasteiger partial charge is 0.335 e. The van der Waals surface area contributed by atoms with E-state index in [1.807, 2.05) is 0 Å². The Bertz CT molecular complexity index is 451. The van der Waals surface area contributed by atoms with Gasteiger partial charge in [0.05, 0.1) is 6.04 Å². The van der Waals surface area contributed by atoms with Gasteiger partial charge in [-0.3, -0.25) is 4.79 Å². The maximum Gasteiger partial charge on any atom is 0.226 e. The smallest absolute Gasteiger partial charge is 0.226 e. The lowest BCUT2D eigenvalue weighted by atomic mass is 10.0. The summed E-state index contributed by atoms with van der Waals surface area (Å²) in [7, 11) is 0. The van der Waals surface area contributed by atoms with Crippen LogP contribution in [0.4, 0.5) is 0 Å². The molecule has 1 aliphatic carbocycles. The number of aryl methyl sites for hydroxylation is 1. The average molecular weight is 243 g/mol. The molecule has 3 unspecified atom stereocenters. The van der Waals surface area contributed by atoms with E-state index < -0.39 is 0 Å². The van der Waals surface area contributed by atoms with Gasteiger partial charge in [-0.15, -0.1) is 0 Å². The highest BCUT2D eigenvalue weighted by Crippen LogP contribution is 2.43. The highest BCUT2D eigenvalue weighted by Gasteiger charge is 2.44. The van der Waals surface area contributed by atoms with Gasteiger partial charge in [-0.1, -0.05) is 36.8 Å². The molecule has 96 valence electrons. The zero-order valence-electron chi connectivity index (χ0n) is 11.2. The number of carbonyl (C=O) groups excluding carboxylic acids is 1. The molecule has 2 nitrogen and oxygen atoms in total. The predicted octanol–water partition coefficient (Wildman–Crippen LogP) is 3.31. The quantitative estimate of drug-likeness (QED) is 0.780. The molecule has 0 spiro atoms. The molecule has 1 aromatic carbocycles. The molecule has 1 aliphatic heterocycles. The van der Waals surface area contributed by atoms with Crippen molar-refractivity contribution < 1.29 is 4.79 Å². The standard InChI is InChI=1S/C16H21NO/c1-11-5-7-13(8-6-11)15-4-3-9-17(15)16(18)14-10-12(14)2/h5-8,12,14-15H,3-4,9-10H2,1-2H3. The molecule has 1 heterocycles. The molecule has 0 N–H and O–H groups in total. The van der Waals surface area contributed by atoms with Gasteiger partial charge in [0, 0.05) is 12.5 Å². The maximum absolute atomic E-state index is 12.4. The summed E-state index contributed by atoms with van der Waals surface area (Å²) in [5.74, 6) is 1.32. The second-order valence-electron chi connectivity index (χ2n) is 5.92. The van der Waals surface area contributed by atoms with Crippen molar-refractivity contribution in [1.82, 2.24) is 4.90 Å². The Morgan fingerprint density at radius 1 is 1.28 bits per heavy atom. The Kier molecular flexibility index (Phi) is 2.89. The summed E-state index contributed by atoms with van der Waals surface area (Å²) < 4.78 is 0. The fourth-order valence-electron chi connectivity index (χ4n) is 3.04. The summed E-state index contributed by atoms with van der Waals surface area (Å²) in [5, 5.41) is 0. The third kappa shape index (κ3) is 2.05. The zero-order valence-corrected chi connectivity index (χ0v) is 11.2. The highest BCUT2D eigenvalue weighted by molar-refractivity contribution is 5.82. The first kappa shape index (κ1) is 11.8. The molecular weight excluding hydrogens is 222 g/mol. The number of rotatable bonds is 2. The van der Waals surface area contributed by atoms with Crippen molar-refractivity contribution in [2.75, 3.05) is 6.54 Å². The summed E-state index contributed by atoms with van der Waals surface area (Å²) >= 11 is 0. The van der Waals surface area contributed by atoms with Crippen LogP contribution in [0.5, 0.6) is 0 Å². The van der Waals surface area contributed by atoms with Crippen LogP contribution in [0.2, 0.25) is 0 Å². The van der Waals surface area contributed by atoms with E-state index in [2.05, 4.69) is 43.0 Å². The van der Waals surface area contributed by atoms with Crippen LogP contribution in [-0.2, 0) is 4.79 Å². The average Bonchev–Trinajstić information content (AvgIpc) is 2.91. The highest BCUT2D eigenvalue weighted by atomic mass is 16.2.